The Balaban J connectivity index is 1.35. The van der Waals surface area contributed by atoms with E-state index in [0.29, 0.717) is 49.2 Å². The lowest BCUT2D eigenvalue weighted by molar-refractivity contribution is 0.0826. The van der Waals surface area contributed by atoms with Crippen LogP contribution in [0.3, 0.4) is 0 Å². The number of fused-ring (bicyclic) bond motifs is 1. The van der Waals surface area contributed by atoms with E-state index in [-0.39, 0.29) is 22.7 Å². The molecule has 0 radical (unpaired) electrons. The molecule has 1 fully saturated rings. The van der Waals surface area contributed by atoms with Gasteiger partial charge < -0.3 is 14.8 Å². The van der Waals surface area contributed by atoms with Crippen molar-refractivity contribution < 1.29 is 18.0 Å². The molecular weight excluding hydrogens is 521 g/mol. The zero-order valence-electron chi connectivity index (χ0n) is 22.8. The van der Waals surface area contributed by atoms with Gasteiger partial charge in [0.15, 0.2) is 0 Å². The SMILES string of the molecule is CNc1ccn(-c2ccnc3c2cc(CN2CCC(c4c(F)cc(C(=O)N(C)C)cc4F)CC2)n3C)c(=O)c1F. The van der Waals surface area contributed by atoms with Crippen LogP contribution in [0.25, 0.3) is 16.7 Å². The molecule has 1 aliphatic rings. The number of rotatable bonds is 6. The molecule has 4 heterocycles. The molecule has 1 aromatic carbocycles. The third kappa shape index (κ3) is 4.85. The van der Waals surface area contributed by atoms with Crippen LogP contribution in [0.4, 0.5) is 18.9 Å². The lowest BCUT2D eigenvalue weighted by Crippen LogP contribution is -2.33. The highest BCUT2D eigenvalue weighted by atomic mass is 19.1. The second-order valence-electron chi connectivity index (χ2n) is 10.3. The standard InChI is InChI=1S/C29H31F3N6O2/c1-33-23-8-12-38(29(40)26(23)32)24-5-9-34-27-20(24)15-19(36(27)4)16-37-10-6-17(7-11-37)25-21(30)13-18(14-22(25)31)28(39)35(2)3/h5,8-9,12-15,17,33H,6-7,10-11,16H2,1-4H3. The molecule has 0 atom stereocenters. The molecule has 0 aliphatic carbocycles. The number of aryl methyl sites for hydroxylation is 1. The summed E-state index contributed by atoms with van der Waals surface area (Å²) in [7, 11) is 6.51. The monoisotopic (exact) mass is 552 g/mol. The van der Waals surface area contributed by atoms with Crippen LogP contribution in [0.2, 0.25) is 0 Å². The Kier molecular flexibility index (Phi) is 7.41. The third-order valence-electron chi connectivity index (χ3n) is 7.68. The topological polar surface area (TPSA) is 75.4 Å². The molecule has 0 unspecified atom stereocenters. The van der Waals surface area contributed by atoms with E-state index in [4.69, 9.17) is 0 Å². The second kappa shape index (κ2) is 10.8. The molecule has 1 amide bonds. The molecule has 8 nitrogen and oxygen atoms in total. The van der Waals surface area contributed by atoms with Crippen molar-refractivity contribution in [1.29, 1.82) is 0 Å². The van der Waals surface area contributed by atoms with Crippen LogP contribution in [-0.4, -0.2) is 64.1 Å². The fraction of sp³-hybridized carbons (Fsp3) is 0.345. The molecule has 210 valence electrons. The van der Waals surface area contributed by atoms with E-state index in [2.05, 4.69) is 15.2 Å². The van der Waals surface area contributed by atoms with E-state index in [1.807, 2.05) is 17.7 Å². The van der Waals surface area contributed by atoms with Crippen molar-refractivity contribution in [2.45, 2.75) is 25.3 Å². The first-order valence-electron chi connectivity index (χ1n) is 13.1. The number of carbonyl (C=O) groups excluding carboxylic acids is 1. The number of piperidine rings is 1. The largest absolute Gasteiger partial charge is 0.386 e. The van der Waals surface area contributed by atoms with Gasteiger partial charge in [0.05, 0.1) is 11.4 Å². The predicted molar refractivity (Wildman–Crippen MR) is 147 cm³/mol. The fourth-order valence-corrected chi connectivity index (χ4v) is 5.48. The van der Waals surface area contributed by atoms with E-state index in [0.717, 1.165) is 17.8 Å². The summed E-state index contributed by atoms with van der Waals surface area (Å²) in [4.78, 5) is 32.8. The van der Waals surface area contributed by atoms with Crippen molar-refractivity contribution in [2.75, 3.05) is 39.5 Å². The van der Waals surface area contributed by atoms with Crippen molar-refractivity contribution in [3.05, 3.63) is 87.4 Å². The first-order valence-corrected chi connectivity index (χ1v) is 13.1. The minimum Gasteiger partial charge on any atom is -0.386 e. The first kappa shape index (κ1) is 27.4. The number of hydrogen-bond acceptors (Lipinski definition) is 5. The fourth-order valence-electron chi connectivity index (χ4n) is 5.48. The Hall–Kier alpha value is -4.12. The number of nitrogens with zero attached hydrogens (tertiary/aromatic N) is 5. The van der Waals surface area contributed by atoms with Crippen LogP contribution in [0.1, 0.15) is 40.4 Å². The summed E-state index contributed by atoms with van der Waals surface area (Å²) < 4.78 is 47.6. The molecular formula is C29H31F3N6O2. The van der Waals surface area contributed by atoms with Gasteiger partial charge in [-0.05, 0) is 62.2 Å². The number of halogens is 3. The van der Waals surface area contributed by atoms with Crippen LogP contribution >= 0.6 is 0 Å². The van der Waals surface area contributed by atoms with Crippen LogP contribution in [0.5, 0.6) is 0 Å². The Morgan fingerprint density at radius 2 is 1.77 bits per heavy atom. The molecule has 1 saturated heterocycles. The lowest BCUT2D eigenvalue weighted by Gasteiger charge is -2.32. The quantitative estimate of drug-likeness (QED) is 0.387. The Morgan fingerprint density at radius 3 is 2.40 bits per heavy atom. The normalized spacial score (nSPS) is 14.6. The number of pyridine rings is 2. The highest BCUT2D eigenvalue weighted by Crippen LogP contribution is 2.33. The molecule has 0 saturated carbocycles. The number of carbonyl (C=O) groups is 1. The molecule has 5 rings (SSSR count). The van der Waals surface area contributed by atoms with Crippen LogP contribution in [-0.2, 0) is 13.6 Å². The molecule has 40 heavy (non-hydrogen) atoms. The van der Waals surface area contributed by atoms with Crippen molar-refractivity contribution >= 4 is 22.6 Å². The highest BCUT2D eigenvalue weighted by molar-refractivity contribution is 5.94. The Bertz CT molecular complexity index is 1630. The number of likely N-dealkylation sites (tertiary alicyclic amines) is 1. The molecule has 1 N–H and O–H groups in total. The van der Waals surface area contributed by atoms with E-state index in [1.165, 1.54) is 35.8 Å². The molecule has 4 aromatic rings. The highest BCUT2D eigenvalue weighted by Gasteiger charge is 2.28. The molecule has 0 spiro atoms. The third-order valence-corrected chi connectivity index (χ3v) is 7.68. The van der Waals surface area contributed by atoms with Gasteiger partial charge in [0.1, 0.15) is 17.3 Å². The number of amides is 1. The van der Waals surface area contributed by atoms with E-state index in [1.54, 1.807) is 19.3 Å². The zero-order chi connectivity index (χ0) is 28.7. The Morgan fingerprint density at radius 1 is 1.10 bits per heavy atom. The first-order chi connectivity index (χ1) is 19.1. The minimum absolute atomic E-state index is 0.00656. The number of benzene rings is 1. The van der Waals surface area contributed by atoms with Crippen molar-refractivity contribution in [2.24, 2.45) is 7.05 Å². The minimum atomic E-state index is -0.860. The van der Waals surface area contributed by atoms with Gasteiger partial charge in [-0.1, -0.05) is 0 Å². The van der Waals surface area contributed by atoms with Crippen LogP contribution in [0.15, 0.2) is 47.5 Å². The lowest BCUT2D eigenvalue weighted by atomic mass is 9.88. The summed E-state index contributed by atoms with van der Waals surface area (Å²) in [5, 5.41) is 3.39. The summed E-state index contributed by atoms with van der Waals surface area (Å²) >= 11 is 0. The molecule has 11 heteroatoms. The number of anilines is 1. The maximum Gasteiger partial charge on any atom is 0.293 e. The number of nitrogens with one attached hydrogen (secondary N) is 1. The smallest absolute Gasteiger partial charge is 0.293 e. The van der Waals surface area contributed by atoms with E-state index < -0.39 is 28.9 Å². The second-order valence-corrected chi connectivity index (χ2v) is 10.3. The van der Waals surface area contributed by atoms with Gasteiger partial charge in [-0.25, -0.2) is 13.8 Å². The van der Waals surface area contributed by atoms with Gasteiger partial charge in [0.2, 0.25) is 5.82 Å². The predicted octanol–water partition coefficient (Wildman–Crippen LogP) is 4.26. The van der Waals surface area contributed by atoms with Gasteiger partial charge in [-0.3, -0.25) is 19.1 Å². The molecule has 0 bridgehead atoms. The maximum absolute atomic E-state index is 14.9. The summed E-state index contributed by atoms with van der Waals surface area (Å²) in [6.45, 7) is 1.82. The van der Waals surface area contributed by atoms with Gasteiger partial charge in [-0.2, -0.15) is 4.39 Å². The van der Waals surface area contributed by atoms with Gasteiger partial charge in [0.25, 0.3) is 11.5 Å². The summed E-state index contributed by atoms with van der Waals surface area (Å²) in [5.74, 6) is -2.98. The van der Waals surface area contributed by atoms with Crippen LogP contribution < -0.4 is 10.9 Å². The van der Waals surface area contributed by atoms with E-state index >= 15 is 0 Å². The zero-order valence-corrected chi connectivity index (χ0v) is 22.8. The van der Waals surface area contributed by atoms with Gasteiger partial charge >= 0.3 is 0 Å². The average Bonchev–Trinajstić information content (AvgIpc) is 3.25. The van der Waals surface area contributed by atoms with Crippen molar-refractivity contribution in [1.82, 2.24) is 23.9 Å². The van der Waals surface area contributed by atoms with Crippen molar-refractivity contribution in [3.63, 3.8) is 0 Å². The van der Waals surface area contributed by atoms with E-state index in [9.17, 15) is 22.8 Å². The van der Waals surface area contributed by atoms with Gasteiger partial charge in [0, 0.05) is 69.3 Å². The summed E-state index contributed by atoms with van der Waals surface area (Å²) in [6, 6.07) is 7.38. The molecule has 3 aromatic heterocycles. The van der Waals surface area contributed by atoms with Gasteiger partial charge in [-0.15, -0.1) is 0 Å². The molecule has 1 aliphatic heterocycles. The summed E-state index contributed by atoms with van der Waals surface area (Å²) in [6.07, 6.45) is 4.25. The maximum atomic E-state index is 14.9. The summed E-state index contributed by atoms with van der Waals surface area (Å²) in [5.41, 5.74) is 1.52. The Labute approximate surface area is 229 Å². The number of aromatic nitrogens is 3. The van der Waals surface area contributed by atoms with Crippen molar-refractivity contribution in [3.8, 4) is 5.69 Å². The van der Waals surface area contributed by atoms with Crippen LogP contribution in [0, 0.1) is 17.5 Å². The average molecular weight is 553 g/mol. The number of hydrogen-bond donors (Lipinski definition) is 1.